The van der Waals surface area contributed by atoms with E-state index in [-0.39, 0.29) is 11.4 Å². The van der Waals surface area contributed by atoms with Crippen molar-refractivity contribution >= 4 is 44.1 Å². The zero-order valence-electron chi connectivity index (χ0n) is 13.7. The maximum Gasteiger partial charge on any atom is 0.165 e. The Bertz CT molecular complexity index is 1060. The molecule has 1 aliphatic rings. The summed E-state index contributed by atoms with van der Waals surface area (Å²) in [4.78, 5) is 8.92. The van der Waals surface area contributed by atoms with Crippen molar-refractivity contribution in [3.8, 4) is 16.6 Å². The first-order chi connectivity index (χ1) is 13.0. The van der Waals surface area contributed by atoms with Gasteiger partial charge in [0, 0.05) is 0 Å². The maximum absolute atomic E-state index is 10.5. The molecular formula is C16H14BrN5O4S. The van der Waals surface area contributed by atoms with Gasteiger partial charge in [-0.25, -0.2) is 9.97 Å². The van der Waals surface area contributed by atoms with E-state index in [9.17, 15) is 20.6 Å². The zero-order chi connectivity index (χ0) is 19.3. The van der Waals surface area contributed by atoms with Crippen LogP contribution >= 0.6 is 27.3 Å². The molecule has 4 rings (SSSR count). The first-order valence-electron chi connectivity index (χ1n) is 7.90. The van der Waals surface area contributed by atoms with Crippen molar-refractivity contribution in [1.82, 2.24) is 14.5 Å². The van der Waals surface area contributed by atoms with Crippen molar-refractivity contribution in [2.45, 2.75) is 24.5 Å². The topological polar surface area (TPSA) is 150 Å². The second-order valence-corrected chi connectivity index (χ2v) is 8.46. The molecule has 0 aliphatic carbocycles. The molecule has 0 aromatic carbocycles. The van der Waals surface area contributed by atoms with Crippen LogP contribution in [0.2, 0.25) is 0 Å². The lowest BCUT2D eigenvalue weighted by Crippen LogP contribution is -2.33. The number of nitrogen functional groups attached to an aromatic ring is 1. The fourth-order valence-electron chi connectivity index (χ4n) is 3.29. The number of halogens is 1. The molecule has 4 atom stereocenters. The summed E-state index contributed by atoms with van der Waals surface area (Å²) in [6, 6.07) is 5.78. The summed E-state index contributed by atoms with van der Waals surface area (Å²) in [7, 11) is 0. The highest BCUT2D eigenvalue weighted by Crippen LogP contribution is 2.43. The van der Waals surface area contributed by atoms with Gasteiger partial charge in [-0.15, -0.1) is 11.3 Å². The summed E-state index contributed by atoms with van der Waals surface area (Å²) >= 11 is 4.78. The SMILES string of the molecule is N#Cc1c(-c2ccc(Br)s2)n([C@H]2O[C@H](CO)[C@@H](O)[C@@H]2O)c2ncnc(N)c12. The molecule has 1 aliphatic heterocycles. The number of nitrogens with two attached hydrogens (primary N) is 1. The smallest absolute Gasteiger partial charge is 0.165 e. The molecule has 11 heteroatoms. The quantitative estimate of drug-likeness (QED) is 0.460. The third-order valence-electron chi connectivity index (χ3n) is 4.50. The molecular weight excluding hydrogens is 438 g/mol. The lowest BCUT2D eigenvalue weighted by atomic mass is 10.1. The molecule has 5 N–H and O–H groups in total. The molecule has 0 spiro atoms. The fourth-order valence-corrected chi connectivity index (χ4v) is 4.72. The van der Waals surface area contributed by atoms with Crippen molar-refractivity contribution in [2.75, 3.05) is 12.3 Å². The zero-order valence-corrected chi connectivity index (χ0v) is 16.1. The predicted octanol–water partition coefficient (Wildman–Crippen LogP) is 0.988. The van der Waals surface area contributed by atoms with Crippen LogP contribution in [-0.2, 0) is 4.74 Å². The third kappa shape index (κ3) is 2.73. The van der Waals surface area contributed by atoms with E-state index in [0.717, 1.165) is 3.79 Å². The van der Waals surface area contributed by atoms with E-state index in [2.05, 4.69) is 32.0 Å². The van der Waals surface area contributed by atoms with Crippen LogP contribution in [0, 0.1) is 11.3 Å². The van der Waals surface area contributed by atoms with Gasteiger partial charge < -0.3 is 25.8 Å². The molecule has 1 fully saturated rings. The standard InChI is InChI=1S/C16H14BrN5O4S/c17-9-2-1-8(27-9)11-6(3-18)10-14(19)20-5-21-15(10)22(11)16-13(25)12(24)7(4-23)26-16/h1-2,5,7,12-13,16,23-25H,4H2,(H2,19,20,21)/t7-,12-,13+,16+/m1/s1. The molecule has 27 heavy (non-hydrogen) atoms. The van der Waals surface area contributed by atoms with Crippen LogP contribution in [0.3, 0.4) is 0 Å². The minimum atomic E-state index is -1.33. The Balaban J connectivity index is 2.05. The van der Waals surface area contributed by atoms with Gasteiger partial charge in [0.25, 0.3) is 0 Å². The van der Waals surface area contributed by atoms with Crippen molar-refractivity contribution in [2.24, 2.45) is 0 Å². The Hall–Kier alpha value is -2.07. The maximum atomic E-state index is 10.5. The lowest BCUT2D eigenvalue weighted by Gasteiger charge is -2.20. The van der Waals surface area contributed by atoms with E-state index in [1.165, 1.54) is 22.2 Å². The fraction of sp³-hybridized carbons (Fsp3) is 0.312. The van der Waals surface area contributed by atoms with Crippen LogP contribution in [0.1, 0.15) is 11.8 Å². The van der Waals surface area contributed by atoms with Crippen molar-refractivity contribution < 1.29 is 20.1 Å². The Labute approximate surface area is 165 Å². The Kier molecular flexibility index (Phi) is 4.63. The van der Waals surface area contributed by atoms with Gasteiger partial charge in [0.2, 0.25) is 0 Å². The summed E-state index contributed by atoms with van der Waals surface area (Å²) in [6.07, 6.45) is -3.39. The highest BCUT2D eigenvalue weighted by Gasteiger charge is 2.45. The molecule has 1 saturated heterocycles. The molecule has 3 aromatic heterocycles. The van der Waals surface area contributed by atoms with Crippen molar-refractivity contribution in [3.63, 3.8) is 0 Å². The number of ether oxygens (including phenoxy) is 1. The largest absolute Gasteiger partial charge is 0.394 e. The van der Waals surface area contributed by atoms with E-state index < -0.39 is 31.1 Å². The van der Waals surface area contributed by atoms with E-state index in [0.29, 0.717) is 21.6 Å². The van der Waals surface area contributed by atoms with Crippen molar-refractivity contribution in [1.29, 1.82) is 5.26 Å². The minimum absolute atomic E-state index is 0.124. The second kappa shape index (κ2) is 6.83. The van der Waals surface area contributed by atoms with Crippen LogP contribution in [0.25, 0.3) is 21.6 Å². The number of aliphatic hydroxyl groups excluding tert-OH is 3. The van der Waals surface area contributed by atoms with Gasteiger partial charge in [0.15, 0.2) is 6.23 Å². The van der Waals surface area contributed by atoms with Gasteiger partial charge in [-0.05, 0) is 28.1 Å². The van der Waals surface area contributed by atoms with Crippen molar-refractivity contribution in [3.05, 3.63) is 27.8 Å². The van der Waals surface area contributed by atoms with E-state index in [1.54, 1.807) is 0 Å². The average Bonchev–Trinajstić information content (AvgIpc) is 3.30. The minimum Gasteiger partial charge on any atom is -0.394 e. The Morgan fingerprint density at radius 2 is 2.11 bits per heavy atom. The number of nitrogens with zero attached hydrogens (tertiary/aromatic N) is 4. The summed E-state index contributed by atoms with van der Waals surface area (Å²) in [6.45, 7) is -0.462. The van der Waals surface area contributed by atoms with Gasteiger partial charge in [-0.2, -0.15) is 5.26 Å². The van der Waals surface area contributed by atoms with E-state index in [4.69, 9.17) is 10.5 Å². The molecule has 0 unspecified atom stereocenters. The van der Waals surface area contributed by atoms with Crippen LogP contribution < -0.4 is 5.73 Å². The number of rotatable bonds is 3. The third-order valence-corrected chi connectivity index (χ3v) is 6.13. The van der Waals surface area contributed by atoms with Gasteiger partial charge in [0.05, 0.1) is 31.9 Å². The number of nitriles is 1. The van der Waals surface area contributed by atoms with E-state index in [1.807, 2.05) is 12.1 Å². The number of aliphatic hydroxyl groups is 3. The molecule has 0 saturated carbocycles. The van der Waals surface area contributed by atoms with Crippen LogP contribution in [0.15, 0.2) is 22.2 Å². The molecule has 4 heterocycles. The van der Waals surface area contributed by atoms with Gasteiger partial charge >= 0.3 is 0 Å². The summed E-state index contributed by atoms with van der Waals surface area (Å²) < 4.78 is 8.07. The van der Waals surface area contributed by atoms with E-state index >= 15 is 0 Å². The number of aromatic nitrogens is 3. The summed E-state index contributed by atoms with van der Waals surface area (Å²) in [5.74, 6) is 0.124. The number of anilines is 1. The molecule has 0 amide bonds. The summed E-state index contributed by atoms with van der Waals surface area (Å²) in [5.41, 5.74) is 6.99. The van der Waals surface area contributed by atoms with Gasteiger partial charge in [-0.1, -0.05) is 0 Å². The first-order valence-corrected chi connectivity index (χ1v) is 9.51. The van der Waals surface area contributed by atoms with Gasteiger partial charge in [0.1, 0.15) is 42.2 Å². The number of fused-ring (bicyclic) bond motifs is 1. The first kappa shape index (κ1) is 18.3. The monoisotopic (exact) mass is 451 g/mol. The number of thiophene rings is 1. The number of hydrogen-bond donors (Lipinski definition) is 4. The molecule has 9 nitrogen and oxygen atoms in total. The molecule has 0 radical (unpaired) electrons. The van der Waals surface area contributed by atoms with Crippen LogP contribution in [0.5, 0.6) is 0 Å². The summed E-state index contributed by atoms with van der Waals surface area (Å²) in [5, 5.41) is 40.3. The molecule has 0 bridgehead atoms. The second-order valence-electron chi connectivity index (χ2n) is 6.00. The Morgan fingerprint density at radius 1 is 1.33 bits per heavy atom. The highest BCUT2D eigenvalue weighted by molar-refractivity contribution is 9.11. The molecule has 140 valence electrons. The Morgan fingerprint density at radius 3 is 2.70 bits per heavy atom. The van der Waals surface area contributed by atoms with Crippen LogP contribution in [-0.4, -0.2) is 54.8 Å². The highest BCUT2D eigenvalue weighted by atomic mass is 79.9. The average molecular weight is 452 g/mol. The van der Waals surface area contributed by atoms with Crippen LogP contribution in [0.4, 0.5) is 5.82 Å². The normalized spacial score (nSPS) is 25.1. The number of hydrogen-bond acceptors (Lipinski definition) is 9. The predicted molar refractivity (Wildman–Crippen MR) is 101 cm³/mol. The molecule has 3 aromatic rings. The lowest BCUT2D eigenvalue weighted by molar-refractivity contribution is -0.0501. The van der Waals surface area contributed by atoms with Gasteiger partial charge in [-0.3, -0.25) is 4.57 Å².